The first-order chi connectivity index (χ1) is 12.1. The number of fused-ring (bicyclic) bond motifs is 2. The van der Waals surface area contributed by atoms with E-state index in [1.165, 1.54) is 19.2 Å². The predicted octanol–water partition coefficient (Wildman–Crippen LogP) is 2.39. The van der Waals surface area contributed by atoms with Crippen molar-refractivity contribution in [3.63, 3.8) is 0 Å². The van der Waals surface area contributed by atoms with Crippen molar-refractivity contribution in [3.8, 4) is 11.5 Å². The van der Waals surface area contributed by atoms with Gasteiger partial charge in [-0.3, -0.25) is 14.9 Å². The summed E-state index contributed by atoms with van der Waals surface area (Å²) in [6, 6.07) is 2.93. The quantitative estimate of drug-likeness (QED) is 0.617. The molecule has 2 atom stereocenters. The minimum Gasteiger partial charge on any atom is -0.493 e. The number of halogens is 1. The molecule has 2 heterocycles. The summed E-state index contributed by atoms with van der Waals surface area (Å²) in [4.78, 5) is 26.0. The highest BCUT2D eigenvalue weighted by Crippen LogP contribution is 2.37. The zero-order valence-electron chi connectivity index (χ0n) is 14.9. The van der Waals surface area contributed by atoms with Gasteiger partial charge in [0.1, 0.15) is 5.56 Å². The molecule has 2 bridgehead atoms. The van der Waals surface area contributed by atoms with Gasteiger partial charge < -0.3 is 19.7 Å². The summed E-state index contributed by atoms with van der Waals surface area (Å²) in [5.74, 6) is 0.302. The van der Waals surface area contributed by atoms with Gasteiger partial charge in [0.25, 0.3) is 11.6 Å². The topological polar surface area (TPSA) is 93.9 Å². The first-order valence-electron chi connectivity index (χ1n) is 8.59. The van der Waals surface area contributed by atoms with Gasteiger partial charge in [0, 0.05) is 24.7 Å². The summed E-state index contributed by atoms with van der Waals surface area (Å²) < 4.78 is 10.7. The molecular formula is C17H24ClN3O5. The van der Waals surface area contributed by atoms with Gasteiger partial charge in [0.05, 0.1) is 24.7 Å². The Morgan fingerprint density at radius 3 is 2.69 bits per heavy atom. The molecule has 0 aliphatic carbocycles. The Hall–Kier alpha value is -2.06. The highest BCUT2D eigenvalue weighted by atomic mass is 35.5. The fraction of sp³-hybridized carbons (Fsp3) is 0.588. The minimum absolute atomic E-state index is 0. The van der Waals surface area contributed by atoms with Gasteiger partial charge in [-0.2, -0.15) is 0 Å². The standard InChI is InChI=1S/C17H23N3O5.ClH/c1-3-25-16-8-13(14(20(22)23)9-15(16)24-2)17(21)19-11-4-5-12(19)10-18-7-6-11;/h8-9,11-12,18H,3-7,10H2,1-2H3;1H. The number of rotatable bonds is 5. The third kappa shape index (κ3) is 3.71. The van der Waals surface area contributed by atoms with Gasteiger partial charge in [-0.1, -0.05) is 0 Å². The maximum Gasteiger partial charge on any atom is 0.286 e. The molecule has 9 heteroatoms. The molecule has 1 aromatic rings. The smallest absolute Gasteiger partial charge is 0.286 e. The van der Waals surface area contributed by atoms with Gasteiger partial charge in [-0.25, -0.2) is 0 Å². The molecule has 144 valence electrons. The van der Waals surface area contributed by atoms with Crippen LogP contribution in [0.2, 0.25) is 0 Å². The summed E-state index contributed by atoms with van der Waals surface area (Å²) in [5, 5.41) is 14.8. The average Bonchev–Trinajstić information content (AvgIpc) is 2.86. The molecule has 0 radical (unpaired) electrons. The van der Waals surface area contributed by atoms with E-state index in [9.17, 15) is 14.9 Å². The molecule has 1 aromatic carbocycles. The average molecular weight is 386 g/mol. The van der Waals surface area contributed by atoms with Crippen molar-refractivity contribution in [2.75, 3.05) is 26.8 Å². The van der Waals surface area contributed by atoms with Crippen molar-refractivity contribution >= 4 is 24.0 Å². The summed E-state index contributed by atoms with van der Waals surface area (Å²) in [5.41, 5.74) is -0.185. The van der Waals surface area contributed by atoms with Crippen molar-refractivity contribution in [2.24, 2.45) is 0 Å². The number of ether oxygens (including phenoxy) is 2. The van der Waals surface area contributed by atoms with Crippen LogP contribution in [0.5, 0.6) is 11.5 Å². The number of benzene rings is 1. The molecule has 2 saturated heterocycles. The molecule has 2 unspecified atom stereocenters. The zero-order valence-corrected chi connectivity index (χ0v) is 15.7. The van der Waals surface area contributed by atoms with Crippen LogP contribution in [0.15, 0.2) is 12.1 Å². The fourth-order valence-corrected chi connectivity index (χ4v) is 3.75. The first kappa shape index (κ1) is 20.3. The molecule has 0 aromatic heterocycles. The Balaban J connectivity index is 0.00000243. The lowest BCUT2D eigenvalue weighted by Gasteiger charge is -2.28. The van der Waals surface area contributed by atoms with E-state index in [0.29, 0.717) is 12.4 Å². The van der Waals surface area contributed by atoms with E-state index in [4.69, 9.17) is 9.47 Å². The van der Waals surface area contributed by atoms with Crippen LogP contribution in [0.3, 0.4) is 0 Å². The van der Waals surface area contributed by atoms with E-state index in [1.54, 1.807) is 0 Å². The molecule has 3 rings (SSSR count). The van der Waals surface area contributed by atoms with Crippen LogP contribution < -0.4 is 14.8 Å². The van der Waals surface area contributed by atoms with Crippen LogP contribution in [-0.4, -0.2) is 54.6 Å². The van der Waals surface area contributed by atoms with Crippen molar-refractivity contribution in [2.45, 2.75) is 38.3 Å². The van der Waals surface area contributed by atoms with E-state index < -0.39 is 4.92 Å². The molecule has 26 heavy (non-hydrogen) atoms. The van der Waals surface area contributed by atoms with Crippen molar-refractivity contribution in [1.29, 1.82) is 0 Å². The number of carbonyl (C=O) groups is 1. The Morgan fingerprint density at radius 2 is 2.04 bits per heavy atom. The Bertz CT molecular complexity index is 671. The number of amides is 1. The SMILES string of the molecule is CCOc1cc(C(=O)N2C3CCNCC2CC3)c([N+](=O)[O-])cc1OC.Cl. The predicted molar refractivity (Wildman–Crippen MR) is 98.5 cm³/mol. The first-order valence-corrected chi connectivity index (χ1v) is 8.59. The van der Waals surface area contributed by atoms with Crippen LogP contribution in [0, 0.1) is 10.1 Å². The molecule has 0 spiro atoms. The van der Waals surface area contributed by atoms with E-state index in [0.717, 1.165) is 32.4 Å². The van der Waals surface area contributed by atoms with Crippen molar-refractivity contribution in [3.05, 3.63) is 27.8 Å². The van der Waals surface area contributed by atoms with Crippen LogP contribution in [0.25, 0.3) is 0 Å². The van der Waals surface area contributed by atoms with Crippen LogP contribution >= 0.6 is 12.4 Å². The lowest BCUT2D eigenvalue weighted by Crippen LogP contribution is -2.42. The summed E-state index contributed by atoms with van der Waals surface area (Å²) in [6.07, 6.45) is 2.73. The highest BCUT2D eigenvalue weighted by Gasteiger charge is 2.40. The minimum atomic E-state index is -0.538. The molecule has 2 aliphatic rings. The number of nitrogens with zero attached hydrogens (tertiary/aromatic N) is 2. The highest BCUT2D eigenvalue weighted by molar-refractivity contribution is 5.99. The Kier molecular flexibility index (Phi) is 6.66. The van der Waals surface area contributed by atoms with Crippen molar-refractivity contribution < 1.29 is 19.2 Å². The Labute approximate surface area is 158 Å². The maximum absolute atomic E-state index is 13.2. The van der Waals surface area contributed by atoms with Gasteiger partial charge in [-0.05, 0) is 32.7 Å². The molecule has 0 saturated carbocycles. The largest absolute Gasteiger partial charge is 0.493 e. The number of hydrogen-bond acceptors (Lipinski definition) is 6. The van der Waals surface area contributed by atoms with Crippen LogP contribution in [-0.2, 0) is 0 Å². The molecule has 1 N–H and O–H groups in total. The number of carbonyl (C=O) groups excluding carboxylic acids is 1. The molecule has 2 aliphatic heterocycles. The van der Waals surface area contributed by atoms with Crippen LogP contribution in [0.1, 0.15) is 36.5 Å². The molecule has 2 fully saturated rings. The monoisotopic (exact) mass is 385 g/mol. The third-order valence-corrected chi connectivity index (χ3v) is 4.90. The summed E-state index contributed by atoms with van der Waals surface area (Å²) in [7, 11) is 1.42. The second-order valence-electron chi connectivity index (χ2n) is 6.30. The molecule has 8 nitrogen and oxygen atoms in total. The molecular weight excluding hydrogens is 362 g/mol. The molecule has 1 amide bonds. The number of nitro groups is 1. The van der Waals surface area contributed by atoms with Crippen molar-refractivity contribution in [1.82, 2.24) is 10.2 Å². The zero-order chi connectivity index (χ0) is 18.0. The van der Waals surface area contributed by atoms with Gasteiger partial charge in [-0.15, -0.1) is 12.4 Å². The van der Waals surface area contributed by atoms with Gasteiger partial charge in [0.2, 0.25) is 0 Å². The maximum atomic E-state index is 13.2. The lowest BCUT2D eigenvalue weighted by molar-refractivity contribution is -0.385. The Morgan fingerprint density at radius 1 is 1.31 bits per heavy atom. The van der Waals surface area contributed by atoms with Gasteiger partial charge in [0.15, 0.2) is 11.5 Å². The second kappa shape index (κ2) is 8.55. The normalized spacial score (nSPS) is 21.5. The number of hydrogen-bond donors (Lipinski definition) is 1. The fourth-order valence-electron chi connectivity index (χ4n) is 3.75. The van der Waals surface area contributed by atoms with E-state index in [2.05, 4.69) is 5.32 Å². The number of methoxy groups -OCH3 is 1. The summed E-state index contributed by atoms with van der Waals surface area (Å²) >= 11 is 0. The van der Waals surface area contributed by atoms with E-state index in [-0.39, 0.29) is 47.4 Å². The second-order valence-corrected chi connectivity index (χ2v) is 6.30. The van der Waals surface area contributed by atoms with E-state index in [1.807, 2.05) is 11.8 Å². The van der Waals surface area contributed by atoms with Crippen LogP contribution in [0.4, 0.5) is 5.69 Å². The number of nitro benzene ring substituents is 1. The number of nitrogens with one attached hydrogen (secondary N) is 1. The summed E-state index contributed by atoms with van der Waals surface area (Å²) in [6.45, 7) is 3.77. The lowest BCUT2D eigenvalue weighted by atomic mass is 10.1. The van der Waals surface area contributed by atoms with Gasteiger partial charge >= 0.3 is 0 Å². The third-order valence-electron chi connectivity index (χ3n) is 4.90. The van der Waals surface area contributed by atoms with E-state index >= 15 is 0 Å².